The minimum Gasteiger partial charge on any atom is -0.379 e. The second-order valence-corrected chi connectivity index (χ2v) is 2.60. The third kappa shape index (κ3) is 2.86. The Morgan fingerprint density at radius 3 is 3.18 bits per heavy atom. The Bertz CT molecular complexity index is 147. The van der Waals surface area contributed by atoms with Gasteiger partial charge in [-0.25, -0.2) is 0 Å². The molecular formula is C7H15N3O. The van der Waals surface area contributed by atoms with Gasteiger partial charge in [-0.1, -0.05) is 0 Å². The maximum absolute atomic E-state index is 9.12. The number of aliphatic hydroxyl groups excluding tert-OH is 1. The van der Waals surface area contributed by atoms with Crippen LogP contribution in [-0.4, -0.2) is 37.3 Å². The van der Waals surface area contributed by atoms with Crippen LogP contribution >= 0.6 is 0 Å². The number of hydrogen-bond acceptors (Lipinski definition) is 4. The van der Waals surface area contributed by atoms with Crippen molar-refractivity contribution in [2.24, 2.45) is 4.99 Å². The van der Waals surface area contributed by atoms with Crippen molar-refractivity contribution in [3.05, 3.63) is 0 Å². The Morgan fingerprint density at radius 1 is 1.82 bits per heavy atom. The van der Waals surface area contributed by atoms with E-state index in [0.29, 0.717) is 0 Å². The van der Waals surface area contributed by atoms with Crippen LogP contribution in [0.2, 0.25) is 0 Å². The Balaban J connectivity index is 2.11. The summed E-state index contributed by atoms with van der Waals surface area (Å²) in [6, 6.07) is 0. The van der Waals surface area contributed by atoms with Gasteiger partial charge in [0.25, 0.3) is 0 Å². The van der Waals surface area contributed by atoms with Crippen LogP contribution in [0.25, 0.3) is 0 Å². The van der Waals surface area contributed by atoms with Crippen molar-refractivity contribution in [1.29, 1.82) is 0 Å². The monoisotopic (exact) mass is 157 g/mol. The summed E-state index contributed by atoms with van der Waals surface area (Å²) in [7, 11) is 1.74. The molecule has 1 aliphatic heterocycles. The molecule has 1 atom stereocenters. The molecule has 3 N–H and O–H groups in total. The number of hydrogen-bond donors (Lipinski definition) is 3. The zero-order valence-corrected chi connectivity index (χ0v) is 6.80. The predicted molar refractivity (Wildman–Crippen MR) is 44.6 cm³/mol. The zero-order chi connectivity index (χ0) is 8.10. The van der Waals surface area contributed by atoms with E-state index in [-0.39, 0.29) is 0 Å². The zero-order valence-electron chi connectivity index (χ0n) is 6.80. The SMILES string of the molecule is CNC(O)CCC1=NCCN1. The molecule has 64 valence electrons. The molecule has 0 amide bonds. The molecule has 1 unspecified atom stereocenters. The lowest BCUT2D eigenvalue weighted by molar-refractivity contribution is 0.139. The minimum absolute atomic E-state index is 0.403. The van der Waals surface area contributed by atoms with E-state index in [1.165, 1.54) is 0 Å². The van der Waals surface area contributed by atoms with Crippen molar-refractivity contribution in [3.63, 3.8) is 0 Å². The maximum Gasteiger partial charge on any atom is 0.105 e. The van der Waals surface area contributed by atoms with Gasteiger partial charge in [0.05, 0.1) is 12.4 Å². The molecule has 1 heterocycles. The number of aliphatic imine (C=N–C) groups is 1. The molecule has 0 aliphatic carbocycles. The van der Waals surface area contributed by atoms with E-state index >= 15 is 0 Å². The second kappa shape index (κ2) is 4.31. The molecule has 4 heteroatoms. The topological polar surface area (TPSA) is 56.6 Å². The lowest BCUT2D eigenvalue weighted by atomic mass is 10.2. The Labute approximate surface area is 66.7 Å². The lowest BCUT2D eigenvalue weighted by Gasteiger charge is -2.08. The lowest BCUT2D eigenvalue weighted by Crippen LogP contribution is -2.27. The third-order valence-electron chi connectivity index (χ3n) is 1.73. The first kappa shape index (κ1) is 8.49. The van der Waals surface area contributed by atoms with Gasteiger partial charge in [-0.15, -0.1) is 0 Å². The van der Waals surface area contributed by atoms with E-state index < -0.39 is 6.23 Å². The quantitative estimate of drug-likeness (QED) is 0.473. The Kier molecular flexibility index (Phi) is 3.32. The second-order valence-electron chi connectivity index (χ2n) is 2.60. The van der Waals surface area contributed by atoms with Gasteiger partial charge in [0.2, 0.25) is 0 Å². The first-order chi connectivity index (χ1) is 5.33. The highest BCUT2D eigenvalue weighted by molar-refractivity contribution is 5.83. The summed E-state index contributed by atoms with van der Waals surface area (Å²) in [6.45, 7) is 1.83. The van der Waals surface area contributed by atoms with Gasteiger partial charge in [0.15, 0.2) is 0 Å². The van der Waals surface area contributed by atoms with Crippen molar-refractivity contribution >= 4 is 5.84 Å². The van der Waals surface area contributed by atoms with Gasteiger partial charge >= 0.3 is 0 Å². The molecule has 1 rings (SSSR count). The van der Waals surface area contributed by atoms with Gasteiger partial charge in [-0.05, 0) is 13.5 Å². The van der Waals surface area contributed by atoms with E-state index in [1.807, 2.05) is 0 Å². The summed E-state index contributed by atoms with van der Waals surface area (Å²) >= 11 is 0. The normalized spacial score (nSPS) is 19.3. The molecule has 0 aromatic heterocycles. The van der Waals surface area contributed by atoms with Crippen molar-refractivity contribution in [1.82, 2.24) is 10.6 Å². The third-order valence-corrected chi connectivity index (χ3v) is 1.73. The Hall–Kier alpha value is -0.610. The fraction of sp³-hybridized carbons (Fsp3) is 0.857. The molecule has 0 saturated heterocycles. The predicted octanol–water partition coefficient (Wildman–Crippen LogP) is -0.694. The summed E-state index contributed by atoms with van der Waals surface area (Å²) in [6.07, 6.45) is 1.16. The molecule has 4 nitrogen and oxygen atoms in total. The van der Waals surface area contributed by atoms with Crippen molar-refractivity contribution < 1.29 is 5.11 Å². The average Bonchev–Trinajstić information content (AvgIpc) is 2.52. The highest BCUT2D eigenvalue weighted by atomic mass is 16.3. The molecular weight excluding hydrogens is 142 g/mol. The van der Waals surface area contributed by atoms with E-state index in [9.17, 15) is 0 Å². The van der Waals surface area contributed by atoms with Gasteiger partial charge in [0.1, 0.15) is 6.23 Å². The van der Waals surface area contributed by atoms with Crippen LogP contribution in [-0.2, 0) is 0 Å². The summed E-state index contributed by atoms with van der Waals surface area (Å²) in [4.78, 5) is 4.21. The summed E-state index contributed by atoms with van der Waals surface area (Å²) in [5, 5.41) is 15.0. The molecule has 1 aliphatic rings. The molecule has 0 radical (unpaired) electrons. The highest BCUT2D eigenvalue weighted by Crippen LogP contribution is 1.97. The number of aliphatic hydroxyl groups is 1. The van der Waals surface area contributed by atoms with E-state index in [2.05, 4.69) is 15.6 Å². The van der Waals surface area contributed by atoms with Gasteiger partial charge in [-0.2, -0.15) is 0 Å². The van der Waals surface area contributed by atoms with Crippen LogP contribution in [0.5, 0.6) is 0 Å². The largest absolute Gasteiger partial charge is 0.379 e. The smallest absolute Gasteiger partial charge is 0.105 e. The maximum atomic E-state index is 9.12. The van der Waals surface area contributed by atoms with Crippen molar-refractivity contribution in [2.75, 3.05) is 20.1 Å². The molecule has 0 saturated carbocycles. The van der Waals surface area contributed by atoms with Crippen LogP contribution in [0.3, 0.4) is 0 Å². The van der Waals surface area contributed by atoms with Gasteiger partial charge in [-0.3, -0.25) is 10.3 Å². The number of rotatable bonds is 4. The summed E-state index contributed by atoms with van der Waals surface area (Å²) in [5.41, 5.74) is 0. The van der Waals surface area contributed by atoms with Crippen LogP contribution in [0.1, 0.15) is 12.8 Å². The van der Waals surface area contributed by atoms with Crippen molar-refractivity contribution in [2.45, 2.75) is 19.1 Å². The fourth-order valence-corrected chi connectivity index (χ4v) is 1.03. The minimum atomic E-state index is -0.403. The van der Waals surface area contributed by atoms with Crippen LogP contribution in [0.4, 0.5) is 0 Å². The standard InChI is InChI=1S/C7H15N3O/c1-8-7(11)3-2-6-9-4-5-10-6/h7-8,11H,2-5H2,1H3,(H,9,10). The molecule has 0 bridgehead atoms. The van der Waals surface area contributed by atoms with E-state index in [0.717, 1.165) is 31.8 Å². The van der Waals surface area contributed by atoms with Crippen LogP contribution < -0.4 is 10.6 Å². The number of amidine groups is 1. The number of nitrogens with one attached hydrogen (secondary N) is 2. The molecule has 0 aromatic rings. The van der Waals surface area contributed by atoms with Gasteiger partial charge < -0.3 is 10.4 Å². The molecule has 0 fully saturated rings. The molecule has 0 spiro atoms. The fourth-order valence-electron chi connectivity index (χ4n) is 1.03. The molecule has 0 aromatic carbocycles. The van der Waals surface area contributed by atoms with Crippen LogP contribution in [0, 0.1) is 0 Å². The summed E-state index contributed by atoms with van der Waals surface area (Å²) in [5.74, 6) is 1.03. The molecule has 11 heavy (non-hydrogen) atoms. The van der Waals surface area contributed by atoms with Crippen LogP contribution in [0.15, 0.2) is 4.99 Å². The number of nitrogens with zero attached hydrogens (tertiary/aromatic N) is 1. The van der Waals surface area contributed by atoms with Gasteiger partial charge in [0, 0.05) is 13.0 Å². The van der Waals surface area contributed by atoms with Crippen molar-refractivity contribution in [3.8, 4) is 0 Å². The first-order valence-corrected chi connectivity index (χ1v) is 3.95. The average molecular weight is 157 g/mol. The summed E-state index contributed by atoms with van der Waals surface area (Å²) < 4.78 is 0. The highest BCUT2D eigenvalue weighted by Gasteiger charge is 2.06. The van der Waals surface area contributed by atoms with E-state index in [4.69, 9.17) is 5.11 Å². The van der Waals surface area contributed by atoms with E-state index in [1.54, 1.807) is 7.05 Å². The first-order valence-electron chi connectivity index (χ1n) is 3.95. The Morgan fingerprint density at radius 2 is 2.64 bits per heavy atom.